The highest BCUT2D eigenvalue weighted by Gasteiger charge is 2.31. The molecule has 2 fully saturated rings. The summed E-state index contributed by atoms with van der Waals surface area (Å²) in [5.74, 6) is 1.49. The molecule has 3 aliphatic heterocycles. The van der Waals surface area contributed by atoms with E-state index in [0.29, 0.717) is 25.5 Å². The van der Waals surface area contributed by atoms with Crippen molar-refractivity contribution in [1.29, 1.82) is 0 Å². The predicted octanol–water partition coefficient (Wildman–Crippen LogP) is 2.69. The molecule has 0 spiro atoms. The van der Waals surface area contributed by atoms with Crippen molar-refractivity contribution in [1.82, 2.24) is 14.7 Å². The standard InChI is InChI=1S/C24H35N3O3/c1-30-22-7-6-19-8-13-25(17-21(19)16-22)18-23(28)26-14-9-20(10-15-26)24(29)27-11-4-2-3-5-12-27/h6-7,16,20H,2-5,8-15,17-18H2,1H3. The van der Waals surface area contributed by atoms with Crippen LogP contribution in [0.2, 0.25) is 0 Å². The largest absolute Gasteiger partial charge is 0.497 e. The van der Waals surface area contributed by atoms with Crippen molar-refractivity contribution in [2.45, 2.75) is 51.5 Å². The first-order valence-electron chi connectivity index (χ1n) is 11.6. The Hall–Kier alpha value is -2.08. The van der Waals surface area contributed by atoms with Crippen LogP contribution in [0.1, 0.15) is 49.7 Å². The minimum Gasteiger partial charge on any atom is -0.497 e. The SMILES string of the molecule is COc1ccc2c(c1)CN(CC(=O)N1CCC(C(=O)N3CCCCCC3)CC1)CC2. The van der Waals surface area contributed by atoms with E-state index in [1.54, 1.807) is 7.11 Å². The maximum atomic E-state index is 12.9. The first kappa shape index (κ1) is 21.2. The molecule has 30 heavy (non-hydrogen) atoms. The van der Waals surface area contributed by atoms with E-state index in [9.17, 15) is 9.59 Å². The molecule has 0 radical (unpaired) electrons. The molecule has 3 heterocycles. The van der Waals surface area contributed by atoms with Gasteiger partial charge in [0, 0.05) is 45.2 Å². The van der Waals surface area contributed by atoms with Gasteiger partial charge in [-0.25, -0.2) is 0 Å². The van der Waals surface area contributed by atoms with Crippen LogP contribution in [0.15, 0.2) is 18.2 Å². The highest BCUT2D eigenvalue weighted by molar-refractivity contribution is 5.81. The number of likely N-dealkylation sites (tertiary alicyclic amines) is 2. The number of fused-ring (bicyclic) bond motifs is 1. The number of benzene rings is 1. The summed E-state index contributed by atoms with van der Waals surface area (Å²) >= 11 is 0. The molecule has 2 saturated heterocycles. The van der Waals surface area contributed by atoms with E-state index in [-0.39, 0.29) is 11.8 Å². The lowest BCUT2D eigenvalue weighted by Gasteiger charge is -2.36. The Morgan fingerprint density at radius 1 is 0.933 bits per heavy atom. The Kier molecular flexibility index (Phi) is 6.93. The zero-order chi connectivity index (χ0) is 20.9. The monoisotopic (exact) mass is 413 g/mol. The van der Waals surface area contributed by atoms with Gasteiger partial charge in [0.2, 0.25) is 11.8 Å². The molecule has 0 aliphatic carbocycles. The number of rotatable bonds is 4. The van der Waals surface area contributed by atoms with Gasteiger partial charge in [-0.2, -0.15) is 0 Å². The topological polar surface area (TPSA) is 53.1 Å². The van der Waals surface area contributed by atoms with Crippen molar-refractivity contribution < 1.29 is 14.3 Å². The van der Waals surface area contributed by atoms with Crippen molar-refractivity contribution >= 4 is 11.8 Å². The van der Waals surface area contributed by atoms with E-state index in [4.69, 9.17) is 4.74 Å². The maximum Gasteiger partial charge on any atom is 0.236 e. The molecular weight excluding hydrogens is 378 g/mol. The first-order chi connectivity index (χ1) is 14.6. The smallest absolute Gasteiger partial charge is 0.236 e. The molecule has 0 N–H and O–H groups in total. The van der Waals surface area contributed by atoms with Gasteiger partial charge in [-0.15, -0.1) is 0 Å². The summed E-state index contributed by atoms with van der Waals surface area (Å²) in [7, 11) is 1.69. The average molecular weight is 414 g/mol. The van der Waals surface area contributed by atoms with Crippen molar-refractivity contribution in [2.75, 3.05) is 46.4 Å². The lowest BCUT2D eigenvalue weighted by molar-refractivity contribution is -0.141. The number of piperidine rings is 1. The Balaban J connectivity index is 1.26. The van der Waals surface area contributed by atoms with Crippen molar-refractivity contribution in [3.63, 3.8) is 0 Å². The second kappa shape index (κ2) is 9.82. The summed E-state index contributed by atoms with van der Waals surface area (Å²) in [4.78, 5) is 32.0. The van der Waals surface area contributed by atoms with Crippen LogP contribution in [0.25, 0.3) is 0 Å². The number of carbonyl (C=O) groups excluding carboxylic acids is 2. The van der Waals surface area contributed by atoms with Crippen LogP contribution in [-0.4, -0.2) is 72.9 Å². The molecule has 0 saturated carbocycles. The van der Waals surface area contributed by atoms with E-state index in [1.165, 1.54) is 24.0 Å². The minimum atomic E-state index is 0.0986. The molecular formula is C24H35N3O3. The van der Waals surface area contributed by atoms with Gasteiger partial charge < -0.3 is 14.5 Å². The van der Waals surface area contributed by atoms with Crippen molar-refractivity contribution in [3.8, 4) is 5.75 Å². The van der Waals surface area contributed by atoms with E-state index in [0.717, 1.165) is 64.0 Å². The van der Waals surface area contributed by atoms with Gasteiger partial charge in [-0.1, -0.05) is 18.9 Å². The van der Waals surface area contributed by atoms with E-state index in [1.807, 2.05) is 11.0 Å². The third kappa shape index (κ3) is 4.97. The second-order valence-electron chi connectivity index (χ2n) is 8.99. The lowest BCUT2D eigenvalue weighted by Crippen LogP contribution is -2.47. The van der Waals surface area contributed by atoms with Crippen LogP contribution in [0.5, 0.6) is 5.75 Å². The van der Waals surface area contributed by atoms with Crippen LogP contribution >= 0.6 is 0 Å². The van der Waals surface area contributed by atoms with Gasteiger partial charge in [-0.05, 0) is 55.4 Å². The van der Waals surface area contributed by atoms with Crippen molar-refractivity contribution in [2.24, 2.45) is 5.92 Å². The molecule has 0 aromatic heterocycles. The van der Waals surface area contributed by atoms with Gasteiger partial charge in [0.25, 0.3) is 0 Å². The highest BCUT2D eigenvalue weighted by Crippen LogP contribution is 2.25. The number of methoxy groups -OCH3 is 1. The summed E-state index contributed by atoms with van der Waals surface area (Å²) in [6.45, 7) is 5.42. The lowest BCUT2D eigenvalue weighted by atomic mass is 9.95. The zero-order valence-corrected chi connectivity index (χ0v) is 18.3. The highest BCUT2D eigenvalue weighted by atomic mass is 16.5. The summed E-state index contributed by atoms with van der Waals surface area (Å²) in [6, 6.07) is 6.24. The van der Waals surface area contributed by atoms with Gasteiger partial charge in [0.15, 0.2) is 0 Å². The van der Waals surface area contributed by atoms with Gasteiger partial charge in [-0.3, -0.25) is 14.5 Å². The van der Waals surface area contributed by atoms with Crippen molar-refractivity contribution in [3.05, 3.63) is 29.3 Å². The fourth-order valence-corrected chi connectivity index (χ4v) is 5.07. The average Bonchev–Trinajstić information content (AvgIpc) is 3.08. The molecule has 6 heteroatoms. The molecule has 6 nitrogen and oxygen atoms in total. The first-order valence-corrected chi connectivity index (χ1v) is 11.6. The molecule has 1 aromatic carbocycles. The van der Waals surface area contributed by atoms with Crippen LogP contribution < -0.4 is 4.74 Å². The fraction of sp³-hybridized carbons (Fsp3) is 0.667. The third-order valence-corrected chi connectivity index (χ3v) is 6.98. The molecule has 3 aliphatic rings. The molecule has 4 rings (SSSR count). The van der Waals surface area contributed by atoms with Crippen LogP contribution in [0.4, 0.5) is 0 Å². The maximum absolute atomic E-state index is 12.9. The number of amides is 2. The summed E-state index contributed by atoms with van der Waals surface area (Å²) in [5, 5.41) is 0. The summed E-state index contributed by atoms with van der Waals surface area (Å²) in [5.41, 5.74) is 2.61. The molecule has 2 amide bonds. The van der Waals surface area contributed by atoms with Crippen LogP contribution in [0, 0.1) is 5.92 Å². The Labute approximate surface area is 180 Å². The summed E-state index contributed by atoms with van der Waals surface area (Å²) < 4.78 is 5.35. The Morgan fingerprint density at radius 3 is 2.37 bits per heavy atom. The normalized spacial score (nSPS) is 21.1. The molecule has 0 bridgehead atoms. The van der Waals surface area contributed by atoms with E-state index < -0.39 is 0 Å². The van der Waals surface area contributed by atoms with E-state index in [2.05, 4.69) is 21.9 Å². The van der Waals surface area contributed by atoms with Gasteiger partial charge in [0.05, 0.1) is 13.7 Å². The van der Waals surface area contributed by atoms with Crippen LogP contribution in [-0.2, 0) is 22.6 Å². The molecule has 164 valence electrons. The number of hydrogen-bond donors (Lipinski definition) is 0. The molecule has 0 unspecified atom stereocenters. The van der Waals surface area contributed by atoms with E-state index >= 15 is 0 Å². The number of carbonyl (C=O) groups is 2. The van der Waals surface area contributed by atoms with Gasteiger partial charge >= 0.3 is 0 Å². The number of hydrogen-bond acceptors (Lipinski definition) is 4. The van der Waals surface area contributed by atoms with Gasteiger partial charge in [0.1, 0.15) is 5.75 Å². The molecule has 1 aromatic rings. The summed E-state index contributed by atoms with van der Waals surface area (Å²) in [6.07, 6.45) is 7.33. The predicted molar refractivity (Wildman–Crippen MR) is 116 cm³/mol. The number of ether oxygens (including phenoxy) is 1. The number of nitrogens with zero attached hydrogens (tertiary/aromatic N) is 3. The third-order valence-electron chi connectivity index (χ3n) is 6.98. The molecule has 0 atom stereocenters. The Morgan fingerprint density at radius 2 is 1.67 bits per heavy atom. The second-order valence-corrected chi connectivity index (χ2v) is 8.99. The quantitative estimate of drug-likeness (QED) is 0.762. The fourth-order valence-electron chi connectivity index (χ4n) is 5.07. The minimum absolute atomic E-state index is 0.0986. The zero-order valence-electron chi connectivity index (χ0n) is 18.3. The Bertz CT molecular complexity index is 750. The van der Waals surface area contributed by atoms with Crippen LogP contribution in [0.3, 0.4) is 0 Å².